The molecule has 2 rings (SSSR count). The topological polar surface area (TPSA) is 46.2 Å². The monoisotopic (exact) mass is 353 g/mol. The van der Waals surface area contributed by atoms with E-state index in [-0.39, 0.29) is 6.04 Å². The second kappa shape index (κ2) is 5.97. The minimum Gasteiger partial charge on any atom is -0.379 e. The maximum Gasteiger partial charge on any atom is 0.175 e. The Morgan fingerprint density at radius 2 is 1.55 bits per heavy atom. The normalized spacial score (nSPS) is 12.9. The van der Waals surface area contributed by atoms with E-state index in [2.05, 4.69) is 21.2 Å². The van der Waals surface area contributed by atoms with Crippen LogP contribution in [0, 0.1) is 0 Å². The summed E-state index contributed by atoms with van der Waals surface area (Å²) in [5.41, 5.74) is 2.06. The van der Waals surface area contributed by atoms with Gasteiger partial charge in [0, 0.05) is 22.5 Å². The van der Waals surface area contributed by atoms with E-state index in [0.717, 1.165) is 15.7 Å². The third kappa shape index (κ3) is 3.84. The lowest BCUT2D eigenvalue weighted by atomic mass is 10.1. The lowest BCUT2D eigenvalue weighted by molar-refractivity contribution is 0.602. The number of hydrogen-bond donors (Lipinski definition) is 1. The van der Waals surface area contributed by atoms with Crippen molar-refractivity contribution in [3.05, 3.63) is 58.6 Å². The second-order valence-electron chi connectivity index (χ2n) is 4.71. The lowest BCUT2D eigenvalue weighted by Crippen LogP contribution is -2.07. The zero-order valence-electron chi connectivity index (χ0n) is 11.3. The molecule has 0 aliphatic heterocycles. The largest absolute Gasteiger partial charge is 0.379 e. The molecule has 5 heteroatoms. The van der Waals surface area contributed by atoms with E-state index in [1.807, 2.05) is 43.3 Å². The van der Waals surface area contributed by atoms with Gasteiger partial charge in [-0.05, 0) is 48.9 Å². The number of hydrogen-bond acceptors (Lipinski definition) is 3. The average molecular weight is 354 g/mol. The van der Waals surface area contributed by atoms with Crippen LogP contribution in [0.4, 0.5) is 5.69 Å². The van der Waals surface area contributed by atoms with Gasteiger partial charge >= 0.3 is 0 Å². The highest BCUT2D eigenvalue weighted by atomic mass is 79.9. The fraction of sp³-hybridized carbons (Fsp3) is 0.200. The van der Waals surface area contributed by atoms with Crippen molar-refractivity contribution in [2.24, 2.45) is 0 Å². The van der Waals surface area contributed by atoms with E-state index < -0.39 is 9.84 Å². The van der Waals surface area contributed by atoms with Crippen LogP contribution < -0.4 is 5.32 Å². The summed E-state index contributed by atoms with van der Waals surface area (Å²) in [6.07, 6.45) is 1.21. The Bertz CT molecular complexity index is 679. The summed E-state index contributed by atoms with van der Waals surface area (Å²) >= 11 is 3.40. The van der Waals surface area contributed by atoms with Gasteiger partial charge in [0.05, 0.1) is 4.90 Å². The summed E-state index contributed by atoms with van der Waals surface area (Å²) < 4.78 is 23.9. The standard InChI is InChI=1S/C15H16BrNO2S/c1-11(17-14-7-5-13(16)6-8-14)12-3-9-15(10-4-12)20(2,18)19/h3-11,17H,1-2H3. The SMILES string of the molecule is CC(Nc1ccc(Br)cc1)c1ccc(S(C)(=O)=O)cc1. The molecule has 0 saturated heterocycles. The molecule has 0 aliphatic rings. The van der Waals surface area contributed by atoms with Crippen molar-refractivity contribution in [2.45, 2.75) is 17.9 Å². The van der Waals surface area contributed by atoms with E-state index in [1.54, 1.807) is 12.1 Å². The van der Waals surface area contributed by atoms with Crippen LogP contribution in [0.15, 0.2) is 57.9 Å². The van der Waals surface area contributed by atoms with Crippen LogP contribution in [0.3, 0.4) is 0 Å². The van der Waals surface area contributed by atoms with Gasteiger partial charge in [0.25, 0.3) is 0 Å². The molecule has 1 N–H and O–H groups in total. The number of sulfone groups is 1. The predicted molar refractivity (Wildman–Crippen MR) is 85.7 cm³/mol. The Labute approximate surface area is 128 Å². The molecule has 3 nitrogen and oxygen atoms in total. The first kappa shape index (κ1) is 15.1. The zero-order valence-corrected chi connectivity index (χ0v) is 13.7. The molecule has 0 saturated carbocycles. The summed E-state index contributed by atoms with van der Waals surface area (Å²) in [6, 6.07) is 15.0. The van der Waals surface area contributed by atoms with Gasteiger partial charge in [-0.2, -0.15) is 0 Å². The second-order valence-corrected chi connectivity index (χ2v) is 7.65. The molecule has 0 aromatic heterocycles. The van der Waals surface area contributed by atoms with Crippen molar-refractivity contribution in [1.29, 1.82) is 0 Å². The van der Waals surface area contributed by atoms with Crippen molar-refractivity contribution < 1.29 is 8.42 Å². The summed E-state index contributed by atoms with van der Waals surface area (Å²) in [7, 11) is -3.13. The molecule has 20 heavy (non-hydrogen) atoms. The van der Waals surface area contributed by atoms with Crippen LogP contribution in [-0.4, -0.2) is 14.7 Å². The molecule has 0 amide bonds. The Morgan fingerprint density at radius 1 is 1.00 bits per heavy atom. The first-order valence-corrected chi connectivity index (χ1v) is 8.87. The lowest BCUT2D eigenvalue weighted by Gasteiger charge is -2.16. The fourth-order valence-electron chi connectivity index (χ4n) is 1.88. The molecule has 0 radical (unpaired) electrons. The molecular formula is C15H16BrNO2S. The molecule has 2 aromatic rings. The fourth-order valence-corrected chi connectivity index (χ4v) is 2.78. The molecule has 0 fully saturated rings. The number of anilines is 1. The maximum atomic E-state index is 11.4. The molecule has 1 atom stereocenters. The van der Waals surface area contributed by atoms with Crippen molar-refractivity contribution >= 4 is 31.5 Å². The van der Waals surface area contributed by atoms with Gasteiger partial charge < -0.3 is 5.32 Å². The number of halogens is 1. The molecule has 0 aliphatic carbocycles. The van der Waals surface area contributed by atoms with Crippen LogP contribution >= 0.6 is 15.9 Å². The highest BCUT2D eigenvalue weighted by Gasteiger charge is 2.09. The quantitative estimate of drug-likeness (QED) is 0.902. The van der Waals surface area contributed by atoms with Crippen LogP contribution in [0.5, 0.6) is 0 Å². The van der Waals surface area contributed by atoms with Crippen molar-refractivity contribution in [2.75, 3.05) is 11.6 Å². The van der Waals surface area contributed by atoms with Gasteiger partial charge in [0.1, 0.15) is 0 Å². The van der Waals surface area contributed by atoms with Crippen molar-refractivity contribution in [1.82, 2.24) is 0 Å². The van der Waals surface area contributed by atoms with Gasteiger partial charge in [0.2, 0.25) is 0 Å². The Morgan fingerprint density at radius 3 is 2.05 bits per heavy atom. The summed E-state index contributed by atoms with van der Waals surface area (Å²) in [5.74, 6) is 0. The number of nitrogens with one attached hydrogen (secondary N) is 1. The van der Waals surface area contributed by atoms with Gasteiger partial charge in [-0.1, -0.05) is 28.1 Å². The molecule has 0 bridgehead atoms. The predicted octanol–water partition coefficient (Wildman–Crippen LogP) is 4.03. The summed E-state index contributed by atoms with van der Waals surface area (Å²) in [6.45, 7) is 2.04. The highest BCUT2D eigenvalue weighted by Crippen LogP contribution is 2.22. The van der Waals surface area contributed by atoms with E-state index >= 15 is 0 Å². The minimum absolute atomic E-state index is 0.102. The summed E-state index contributed by atoms with van der Waals surface area (Å²) in [4.78, 5) is 0.345. The van der Waals surface area contributed by atoms with Crippen molar-refractivity contribution in [3.63, 3.8) is 0 Å². The van der Waals surface area contributed by atoms with Gasteiger partial charge in [-0.15, -0.1) is 0 Å². The van der Waals surface area contributed by atoms with Gasteiger partial charge in [0.15, 0.2) is 9.84 Å². The Kier molecular flexibility index (Phi) is 4.50. The number of rotatable bonds is 4. The Balaban J connectivity index is 2.13. The third-order valence-corrected chi connectivity index (χ3v) is 4.69. The molecular weight excluding hydrogens is 338 g/mol. The average Bonchev–Trinajstić information content (AvgIpc) is 2.40. The van der Waals surface area contributed by atoms with E-state index in [9.17, 15) is 8.42 Å². The van der Waals surface area contributed by atoms with Crippen molar-refractivity contribution in [3.8, 4) is 0 Å². The van der Waals surface area contributed by atoms with Crippen LogP contribution in [0.2, 0.25) is 0 Å². The molecule has 0 spiro atoms. The third-order valence-electron chi connectivity index (χ3n) is 3.04. The van der Waals surface area contributed by atoms with Gasteiger partial charge in [-0.3, -0.25) is 0 Å². The molecule has 2 aromatic carbocycles. The van der Waals surface area contributed by atoms with E-state index in [0.29, 0.717) is 4.90 Å². The molecule has 1 unspecified atom stereocenters. The minimum atomic E-state index is -3.13. The highest BCUT2D eigenvalue weighted by molar-refractivity contribution is 9.10. The Hall–Kier alpha value is -1.33. The van der Waals surface area contributed by atoms with Crippen LogP contribution in [0.25, 0.3) is 0 Å². The first-order valence-electron chi connectivity index (χ1n) is 6.18. The van der Waals surface area contributed by atoms with Crippen LogP contribution in [0.1, 0.15) is 18.5 Å². The molecule has 106 valence electrons. The summed E-state index contributed by atoms with van der Waals surface area (Å²) in [5, 5.41) is 3.37. The zero-order chi connectivity index (χ0) is 14.8. The van der Waals surface area contributed by atoms with Crippen LogP contribution in [-0.2, 0) is 9.84 Å². The smallest absolute Gasteiger partial charge is 0.175 e. The maximum absolute atomic E-state index is 11.4. The van der Waals surface area contributed by atoms with Gasteiger partial charge in [-0.25, -0.2) is 8.42 Å². The van der Waals surface area contributed by atoms with E-state index in [1.165, 1.54) is 6.26 Å². The first-order chi connectivity index (χ1) is 9.36. The number of benzene rings is 2. The van der Waals surface area contributed by atoms with E-state index in [4.69, 9.17) is 0 Å². The molecule has 0 heterocycles.